The number of allylic oxidation sites excluding steroid dienone is 3. The van der Waals surface area contributed by atoms with Crippen molar-refractivity contribution < 1.29 is 0 Å². The molecule has 0 N–H and O–H groups in total. The quantitative estimate of drug-likeness (QED) is 0.720. The van der Waals surface area contributed by atoms with E-state index in [9.17, 15) is 0 Å². The van der Waals surface area contributed by atoms with E-state index in [0.29, 0.717) is 6.04 Å². The second-order valence-electron chi connectivity index (χ2n) is 7.52. The maximum Gasteiger partial charge on any atom is 0.0462 e. The van der Waals surface area contributed by atoms with Gasteiger partial charge in [-0.25, -0.2) is 0 Å². The fraction of sp³-hybridized carbons (Fsp3) is 0.280. The Kier molecular flexibility index (Phi) is 6.04. The summed E-state index contributed by atoms with van der Waals surface area (Å²) in [6.07, 6.45) is 9.08. The van der Waals surface area contributed by atoms with Crippen molar-refractivity contribution in [2.75, 3.05) is 43.6 Å². The molecule has 1 fully saturated rings. The summed E-state index contributed by atoms with van der Waals surface area (Å²) >= 11 is 2.05. The molecular formula is C25H28N2S. The van der Waals surface area contributed by atoms with Crippen LogP contribution in [-0.4, -0.2) is 49.6 Å². The average Bonchev–Trinajstić information content (AvgIpc) is 2.76. The molecule has 0 aromatic heterocycles. The Morgan fingerprint density at radius 3 is 2.07 bits per heavy atom. The van der Waals surface area contributed by atoms with Crippen LogP contribution in [0.1, 0.15) is 11.1 Å². The van der Waals surface area contributed by atoms with Crippen LogP contribution in [0.15, 0.2) is 84.5 Å². The van der Waals surface area contributed by atoms with E-state index in [1.54, 1.807) is 0 Å². The van der Waals surface area contributed by atoms with Gasteiger partial charge in [-0.2, -0.15) is 11.8 Å². The van der Waals surface area contributed by atoms with Gasteiger partial charge in [-0.1, -0.05) is 66.8 Å². The SMILES string of the molecule is CN(C)C1C=CC(=C(c2ccccc2)c2ccc(N3CCSCC3)cc2)C=C1. The van der Waals surface area contributed by atoms with Crippen molar-refractivity contribution in [3.8, 4) is 0 Å². The van der Waals surface area contributed by atoms with Crippen LogP contribution < -0.4 is 4.90 Å². The van der Waals surface area contributed by atoms with Gasteiger partial charge < -0.3 is 4.90 Å². The minimum atomic E-state index is 0.361. The minimum Gasteiger partial charge on any atom is -0.370 e. The Balaban J connectivity index is 1.70. The van der Waals surface area contributed by atoms with Crippen molar-refractivity contribution in [1.82, 2.24) is 4.90 Å². The van der Waals surface area contributed by atoms with E-state index >= 15 is 0 Å². The molecule has 0 saturated carbocycles. The van der Waals surface area contributed by atoms with Crippen molar-refractivity contribution in [2.24, 2.45) is 0 Å². The van der Waals surface area contributed by atoms with Gasteiger partial charge >= 0.3 is 0 Å². The van der Waals surface area contributed by atoms with Gasteiger partial charge in [0.1, 0.15) is 0 Å². The molecule has 1 saturated heterocycles. The summed E-state index contributed by atoms with van der Waals surface area (Å²) in [6, 6.07) is 20.2. The molecule has 0 bridgehead atoms. The Bertz CT molecular complexity index is 857. The van der Waals surface area contributed by atoms with Crippen molar-refractivity contribution in [3.05, 3.63) is 95.6 Å². The third kappa shape index (κ3) is 4.26. The first-order valence-corrected chi connectivity index (χ1v) is 11.1. The summed E-state index contributed by atoms with van der Waals surface area (Å²) in [6.45, 7) is 2.29. The summed E-state index contributed by atoms with van der Waals surface area (Å²) in [5.74, 6) is 2.45. The molecule has 2 nitrogen and oxygen atoms in total. The van der Waals surface area contributed by atoms with E-state index in [1.165, 1.54) is 39.5 Å². The number of hydrogen-bond acceptors (Lipinski definition) is 3. The van der Waals surface area contributed by atoms with E-state index in [4.69, 9.17) is 0 Å². The zero-order valence-corrected chi connectivity index (χ0v) is 17.5. The fourth-order valence-corrected chi connectivity index (χ4v) is 4.70. The number of anilines is 1. The summed E-state index contributed by atoms with van der Waals surface area (Å²) in [5, 5.41) is 0. The maximum atomic E-state index is 2.50. The average molecular weight is 389 g/mol. The lowest BCUT2D eigenvalue weighted by Gasteiger charge is -2.28. The molecule has 1 aliphatic carbocycles. The summed E-state index contributed by atoms with van der Waals surface area (Å²) in [5.41, 5.74) is 6.44. The summed E-state index contributed by atoms with van der Waals surface area (Å²) in [4.78, 5) is 4.72. The highest BCUT2D eigenvalue weighted by molar-refractivity contribution is 7.99. The predicted molar refractivity (Wildman–Crippen MR) is 124 cm³/mol. The number of rotatable bonds is 4. The van der Waals surface area contributed by atoms with Crippen LogP contribution in [0.4, 0.5) is 5.69 Å². The second kappa shape index (κ2) is 8.85. The molecule has 2 aliphatic rings. The third-order valence-corrected chi connectivity index (χ3v) is 6.37. The van der Waals surface area contributed by atoms with Crippen LogP contribution in [0.2, 0.25) is 0 Å². The van der Waals surface area contributed by atoms with Crippen LogP contribution in [0.3, 0.4) is 0 Å². The van der Waals surface area contributed by atoms with Gasteiger partial charge in [0.15, 0.2) is 0 Å². The molecule has 0 atom stereocenters. The predicted octanol–water partition coefficient (Wildman–Crippen LogP) is 5.10. The fourth-order valence-electron chi connectivity index (χ4n) is 3.80. The molecule has 0 spiro atoms. The maximum absolute atomic E-state index is 2.50. The number of nitrogens with zero attached hydrogens (tertiary/aromatic N) is 2. The molecule has 144 valence electrons. The molecule has 4 rings (SSSR count). The number of hydrogen-bond donors (Lipinski definition) is 0. The van der Waals surface area contributed by atoms with Gasteiger partial charge in [0.25, 0.3) is 0 Å². The number of thioether (sulfide) groups is 1. The van der Waals surface area contributed by atoms with Gasteiger partial charge in [-0.05, 0) is 48.5 Å². The van der Waals surface area contributed by atoms with E-state index in [1.807, 2.05) is 0 Å². The highest BCUT2D eigenvalue weighted by Gasteiger charge is 2.15. The van der Waals surface area contributed by atoms with Crippen LogP contribution >= 0.6 is 11.8 Å². The van der Waals surface area contributed by atoms with Crippen LogP contribution in [0.25, 0.3) is 5.57 Å². The lowest BCUT2D eigenvalue weighted by molar-refractivity contribution is 0.390. The first-order chi connectivity index (χ1) is 13.7. The Morgan fingerprint density at radius 1 is 0.857 bits per heavy atom. The molecular weight excluding hydrogens is 360 g/mol. The van der Waals surface area contributed by atoms with Crippen molar-refractivity contribution in [1.29, 1.82) is 0 Å². The molecule has 2 aromatic carbocycles. The lowest BCUT2D eigenvalue weighted by Crippen LogP contribution is -2.32. The second-order valence-corrected chi connectivity index (χ2v) is 8.74. The molecule has 0 unspecified atom stereocenters. The molecule has 0 amide bonds. The van der Waals surface area contributed by atoms with Crippen molar-refractivity contribution in [3.63, 3.8) is 0 Å². The molecule has 1 aliphatic heterocycles. The van der Waals surface area contributed by atoms with Crippen molar-refractivity contribution in [2.45, 2.75) is 6.04 Å². The zero-order valence-electron chi connectivity index (χ0n) is 16.7. The smallest absolute Gasteiger partial charge is 0.0462 e. The standard InChI is InChI=1S/C25H28N2S/c1-26(2)23-12-8-21(9-13-23)25(20-6-4-3-5-7-20)22-10-14-24(15-11-22)27-16-18-28-19-17-27/h3-15,23H,16-19H2,1-2H3. The van der Waals surface area contributed by atoms with Crippen LogP contribution in [0.5, 0.6) is 0 Å². The van der Waals surface area contributed by atoms with Crippen molar-refractivity contribution >= 4 is 23.0 Å². The van der Waals surface area contributed by atoms with Crippen LogP contribution in [0, 0.1) is 0 Å². The molecule has 2 aromatic rings. The van der Waals surface area contributed by atoms with E-state index < -0.39 is 0 Å². The van der Waals surface area contributed by atoms with Gasteiger partial charge in [-0.15, -0.1) is 0 Å². The molecule has 1 heterocycles. The van der Waals surface area contributed by atoms with E-state index in [2.05, 4.69) is 115 Å². The Hall–Kier alpha value is -2.23. The summed E-state index contributed by atoms with van der Waals surface area (Å²) in [7, 11) is 4.23. The van der Waals surface area contributed by atoms with Gasteiger partial charge in [0, 0.05) is 36.3 Å². The monoisotopic (exact) mass is 388 g/mol. The molecule has 3 heteroatoms. The number of benzene rings is 2. The highest BCUT2D eigenvalue weighted by Crippen LogP contribution is 2.31. The molecule has 28 heavy (non-hydrogen) atoms. The molecule has 0 radical (unpaired) electrons. The van der Waals surface area contributed by atoms with Gasteiger partial charge in [0.05, 0.1) is 0 Å². The lowest BCUT2D eigenvalue weighted by atomic mass is 9.90. The minimum absolute atomic E-state index is 0.361. The highest BCUT2D eigenvalue weighted by atomic mass is 32.2. The normalized spacial score (nSPS) is 19.3. The Labute approximate surface area is 173 Å². The third-order valence-electron chi connectivity index (χ3n) is 5.43. The topological polar surface area (TPSA) is 6.48 Å². The van der Waals surface area contributed by atoms with E-state index in [0.717, 1.165) is 13.1 Å². The van der Waals surface area contributed by atoms with Gasteiger partial charge in [-0.3, -0.25) is 4.90 Å². The first-order valence-electron chi connectivity index (χ1n) is 9.98. The zero-order chi connectivity index (χ0) is 19.3. The van der Waals surface area contributed by atoms with E-state index in [-0.39, 0.29) is 0 Å². The summed E-state index contributed by atoms with van der Waals surface area (Å²) < 4.78 is 0. The Morgan fingerprint density at radius 2 is 1.46 bits per heavy atom. The van der Waals surface area contributed by atoms with Gasteiger partial charge in [0.2, 0.25) is 0 Å². The largest absolute Gasteiger partial charge is 0.370 e. The first kappa shape index (κ1) is 19.1. The van der Waals surface area contributed by atoms with Crippen LogP contribution in [-0.2, 0) is 0 Å². The number of likely N-dealkylation sites (N-methyl/N-ethyl adjacent to an activating group) is 1.